The largest absolute Gasteiger partial charge is 0.372 e. The lowest BCUT2D eigenvalue weighted by molar-refractivity contribution is -0.126. The van der Waals surface area contributed by atoms with Crippen molar-refractivity contribution in [3.05, 3.63) is 24.3 Å². The molecular formula is C17H26N4O2. The number of nitrogens with zero attached hydrogens (tertiary/aromatic N) is 2. The Morgan fingerprint density at radius 3 is 2.35 bits per heavy atom. The number of carbonyl (C=O) groups is 2. The first-order chi connectivity index (χ1) is 11.0. The van der Waals surface area contributed by atoms with Gasteiger partial charge in [0.1, 0.15) is 6.42 Å². The second-order valence-corrected chi connectivity index (χ2v) is 6.12. The first kappa shape index (κ1) is 17.3. The van der Waals surface area contributed by atoms with Crippen LogP contribution in [-0.2, 0) is 9.59 Å². The summed E-state index contributed by atoms with van der Waals surface area (Å²) in [7, 11) is 3.87. The summed E-state index contributed by atoms with van der Waals surface area (Å²) in [5.41, 5.74) is 1.90. The van der Waals surface area contributed by atoms with E-state index in [1.54, 1.807) is 0 Å². The zero-order chi connectivity index (χ0) is 16.7. The fourth-order valence-electron chi connectivity index (χ4n) is 2.56. The monoisotopic (exact) mass is 318 g/mol. The van der Waals surface area contributed by atoms with E-state index in [9.17, 15) is 9.59 Å². The number of likely N-dealkylation sites (N-methyl/N-ethyl adjacent to an activating group) is 1. The van der Waals surface area contributed by atoms with Crippen molar-refractivity contribution in [3.63, 3.8) is 0 Å². The highest BCUT2D eigenvalue weighted by molar-refractivity contribution is 6.03. The summed E-state index contributed by atoms with van der Waals surface area (Å²) in [5, 5.41) is 5.49. The third-order valence-electron chi connectivity index (χ3n) is 3.82. The maximum Gasteiger partial charge on any atom is 0.233 e. The van der Waals surface area contributed by atoms with E-state index in [1.165, 1.54) is 18.5 Å². The molecule has 1 aromatic rings. The van der Waals surface area contributed by atoms with Gasteiger partial charge in [0.05, 0.1) is 0 Å². The summed E-state index contributed by atoms with van der Waals surface area (Å²) < 4.78 is 0. The molecule has 0 aromatic heterocycles. The topological polar surface area (TPSA) is 64.7 Å². The van der Waals surface area contributed by atoms with Crippen molar-refractivity contribution in [3.8, 4) is 0 Å². The molecule has 0 bridgehead atoms. The Hall–Kier alpha value is -2.08. The molecule has 0 saturated carbocycles. The highest BCUT2D eigenvalue weighted by Gasteiger charge is 2.13. The number of carbonyl (C=O) groups excluding carboxylic acids is 2. The third kappa shape index (κ3) is 5.90. The van der Waals surface area contributed by atoms with Crippen LogP contribution in [0.3, 0.4) is 0 Å². The van der Waals surface area contributed by atoms with E-state index >= 15 is 0 Å². The van der Waals surface area contributed by atoms with E-state index in [1.807, 2.05) is 43.3 Å². The molecule has 2 amide bonds. The number of hydrogen-bond donors (Lipinski definition) is 2. The molecular weight excluding hydrogens is 292 g/mol. The second-order valence-electron chi connectivity index (χ2n) is 6.12. The van der Waals surface area contributed by atoms with Crippen LogP contribution in [-0.4, -0.2) is 57.0 Å². The van der Waals surface area contributed by atoms with E-state index in [2.05, 4.69) is 15.5 Å². The molecule has 0 radical (unpaired) electrons. The molecule has 0 atom stereocenters. The summed E-state index contributed by atoms with van der Waals surface area (Å²) in [6, 6.07) is 7.79. The van der Waals surface area contributed by atoms with E-state index in [0.29, 0.717) is 6.54 Å². The van der Waals surface area contributed by atoms with Gasteiger partial charge in [-0.05, 0) is 51.2 Å². The normalized spacial score (nSPS) is 14.1. The van der Waals surface area contributed by atoms with Crippen molar-refractivity contribution in [2.45, 2.75) is 19.3 Å². The number of rotatable bonds is 7. The Kier molecular flexibility index (Phi) is 6.40. The van der Waals surface area contributed by atoms with Gasteiger partial charge in [0.15, 0.2) is 0 Å². The lowest BCUT2D eigenvalue weighted by atomic mass is 10.2. The van der Waals surface area contributed by atoms with Gasteiger partial charge in [-0.15, -0.1) is 0 Å². The zero-order valence-electron chi connectivity index (χ0n) is 14.0. The predicted molar refractivity (Wildman–Crippen MR) is 92.7 cm³/mol. The van der Waals surface area contributed by atoms with Gasteiger partial charge in [-0.2, -0.15) is 0 Å². The number of hydrogen-bond acceptors (Lipinski definition) is 4. The van der Waals surface area contributed by atoms with Crippen LogP contribution in [0.1, 0.15) is 19.3 Å². The van der Waals surface area contributed by atoms with Crippen LogP contribution < -0.4 is 15.5 Å². The first-order valence-electron chi connectivity index (χ1n) is 8.11. The van der Waals surface area contributed by atoms with E-state index in [0.717, 1.165) is 25.3 Å². The van der Waals surface area contributed by atoms with Crippen LogP contribution in [0.5, 0.6) is 0 Å². The molecule has 1 aromatic carbocycles. The molecule has 0 aliphatic carbocycles. The highest BCUT2D eigenvalue weighted by Crippen LogP contribution is 2.22. The molecule has 126 valence electrons. The van der Waals surface area contributed by atoms with Gasteiger partial charge in [0.2, 0.25) is 11.8 Å². The minimum Gasteiger partial charge on any atom is -0.372 e. The van der Waals surface area contributed by atoms with E-state index in [4.69, 9.17) is 0 Å². The molecule has 2 rings (SSSR count). The summed E-state index contributed by atoms with van der Waals surface area (Å²) >= 11 is 0. The zero-order valence-corrected chi connectivity index (χ0v) is 14.0. The van der Waals surface area contributed by atoms with Crippen molar-refractivity contribution >= 4 is 23.2 Å². The Morgan fingerprint density at radius 2 is 1.74 bits per heavy atom. The minimum atomic E-state index is -0.290. The SMILES string of the molecule is CN(C)CCNC(=O)CC(=O)Nc1ccc(N2CCCC2)cc1. The highest BCUT2D eigenvalue weighted by atomic mass is 16.2. The molecule has 0 unspecified atom stereocenters. The molecule has 1 heterocycles. The van der Waals surface area contributed by atoms with Crippen molar-refractivity contribution in [1.29, 1.82) is 0 Å². The van der Waals surface area contributed by atoms with Gasteiger partial charge in [0.25, 0.3) is 0 Å². The van der Waals surface area contributed by atoms with Crippen molar-refractivity contribution in [2.24, 2.45) is 0 Å². The first-order valence-corrected chi connectivity index (χ1v) is 8.11. The van der Waals surface area contributed by atoms with Crippen molar-refractivity contribution < 1.29 is 9.59 Å². The van der Waals surface area contributed by atoms with Crippen LogP contribution in [0.25, 0.3) is 0 Å². The van der Waals surface area contributed by atoms with Gasteiger partial charge in [0, 0.05) is 37.6 Å². The fraction of sp³-hybridized carbons (Fsp3) is 0.529. The van der Waals surface area contributed by atoms with Gasteiger partial charge < -0.3 is 20.4 Å². The number of nitrogens with one attached hydrogen (secondary N) is 2. The van der Waals surface area contributed by atoms with Gasteiger partial charge >= 0.3 is 0 Å². The van der Waals surface area contributed by atoms with Crippen LogP contribution >= 0.6 is 0 Å². The van der Waals surface area contributed by atoms with E-state index < -0.39 is 0 Å². The molecule has 1 aliphatic rings. The predicted octanol–water partition coefficient (Wildman–Crippen LogP) is 1.29. The Labute approximate surface area is 137 Å². The Balaban J connectivity index is 1.75. The molecule has 1 saturated heterocycles. The molecule has 1 fully saturated rings. The van der Waals surface area contributed by atoms with Gasteiger partial charge in [-0.3, -0.25) is 9.59 Å². The molecule has 23 heavy (non-hydrogen) atoms. The van der Waals surface area contributed by atoms with Crippen LogP contribution in [0.2, 0.25) is 0 Å². The van der Waals surface area contributed by atoms with Gasteiger partial charge in [-0.1, -0.05) is 0 Å². The summed E-state index contributed by atoms with van der Waals surface area (Å²) in [6.45, 7) is 3.49. The summed E-state index contributed by atoms with van der Waals surface area (Å²) in [4.78, 5) is 27.8. The lowest BCUT2D eigenvalue weighted by Gasteiger charge is -2.17. The van der Waals surface area contributed by atoms with E-state index in [-0.39, 0.29) is 18.2 Å². The van der Waals surface area contributed by atoms with Crippen molar-refractivity contribution in [1.82, 2.24) is 10.2 Å². The summed E-state index contributed by atoms with van der Waals surface area (Å²) in [5.74, 6) is -0.542. The number of amides is 2. The third-order valence-corrected chi connectivity index (χ3v) is 3.82. The average molecular weight is 318 g/mol. The van der Waals surface area contributed by atoms with Gasteiger partial charge in [-0.25, -0.2) is 0 Å². The maximum atomic E-state index is 11.9. The molecule has 1 aliphatic heterocycles. The average Bonchev–Trinajstić information content (AvgIpc) is 3.01. The quantitative estimate of drug-likeness (QED) is 0.744. The smallest absolute Gasteiger partial charge is 0.233 e. The molecule has 0 spiro atoms. The number of anilines is 2. The number of benzene rings is 1. The summed E-state index contributed by atoms with van der Waals surface area (Å²) in [6.07, 6.45) is 2.32. The van der Waals surface area contributed by atoms with Crippen LogP contribution in [0.15, 0.2) is 24.3 Å². The minimum absolute atomic E-state index is 0.151. The lowest BCUT2D eigenvalue weighted by Crippen LogP contribution is -2.33. The van der Waals surface area contributed by atoms with Crippen LogP contribution in [0, 0.1) is 0 Å². The Bertz CT molecular complexity index is 522. The molecule has 2 N–H and O–H groups in total. The fourth-order valence-corrected chi connectivity index (χ4v) is 2.56. The molecule has 6 nitrogen and oxygen atoms in total. The van der Waals surface area contributed by atoms with Crippen molar-refractivity contribution in [2.75, 3.05) is 50.5 Å². The second kappa shape index (κ2) is 8.53. The standard InChI is InChI=1S/C17H26N4O2/c1-20(2)12-9-18-16(22)13-17(23)19-14-5-7-15(8-6-14)21-10-3-4-11-21/h5-8H,3-4,9-13H2,1-2H3,(H,18,22)(H,19,23). The maximum absolute atomic E-state index is 11.9. The van der Waals surface area contributed by atoms with Crippen LogP contribution in [0.4, 0.5) is 11.4 Å². The molecule has 6 heteroatoms. The Morgan fingerprint density at radius 1 is 1.09 bits per heavy atom.